The number of H-pyrrole nitrogens is 1. The minimum Gasteiger partial charge on any atom is -0.493 e. The quantitative estimate of drug-likeness (QED) is 0.418. The number of rotatable bonds is 7. The molecule has 1 fully saturated rings. The average Bonchev–Trinajstić information content (AvgIpc) is 3.58. The normalized spacial score (nSPS) is 14.5. The van der Waals surface area contributed by atoms with Gasteiger partial charge in [-0.1, -0.05) is 26.0 Å². The van der Waals surface area contributed by atoms with Crippen LogP contribution in [-0.4, -0.2) is 27.6 Å². The van der Waals surface area contributed by atoms with E-state index < -0.39 is 23.2 Å². The van der Waals surface area contributed by atoms with Crippen LogP contribution in [0.1, 0.15) is 67.4 Å². The first kappa shape index (κ1) is 22.9. The monoisotopic (exact) mass is 476 g/mol. The van der Waals surface area contributed by atoms with Crippen LogP contribution in [-0.2, 0) is 6.54 Å². The maximum atomic E-state index is 13.5. The van der Waals surface area contributed by atoms with E-state index in [1.165, 1.54) is 4.57 Å². The van der Waals surface area contributed by atoms with Crippen molar-refractivity contribution in [3.63, 3.8) is 0 Å². The van der Waals surface area contributed by atoms with Gasteiger partial charge in [-0.05, 0) is 43.9 Å². The van der Waals surface area contributed by atoms with E-state index in [0.29, 0.717) is 23.6 Å². The van der Waals surface area contributed by atoms with E-state index in [-0.39, 0.29) is 28.4 Å². The number of aromatic nitrogens is 3. The highest BCUT2D eigenvalue weighted by Crippen LogP contribution is 2.40. The third kappa shape index (κ3) is 4.22. The fourth-order valence-electron chi connectivity index (χ4n) is 4.37. The molecule has 1 aliphatic carbocycles. The molecule has 0 bridgehead atoms. The highest BCUT2D eigenvalue weighted by molar-refractivity contribution is 6.05. The van der Waals surface area contributed by atoms with E-state index in [1.54, 1.807) is 13.2 Å². The Hall–Kier alpha value is -3.88. The van der Waals surface area contributed by atoms with E-state index in [2.05, 4.69) is 15.3 Å². The molecule has 4 aromatic rings. The number of pyridine rings is 1. The van der Waals surface area contributed by atoms with Crippen molar-refractivity contribution < 1.29 is 13.9 Å². The molecule has 0 saturated heterocycles. The van der Waals surface area contributed by atoms with Crippen LogP contribution in [0.25, 0.3) is 22.0 Å². The summed E-state index contributed by atoms with van der Waals surface area (Å²) >= 11 is 0. The molecule has 1 unspecified atom stereocenters. The van der Waals surface area contributed by atoms with Gasteiger partial charge in [0.15, 0.2) is 17.0 Å². The number of nitrogens with zero attached hydrogens (tertiary/aromatic N) is 2. The zero-order valence-electron chi connectivity index (χ0n) is 20.2. The largest absolute Gasteiger partial charge is 0.493 e. The summed E-state index contributed by atoms with van der Waals surface area (Å²) in [6.07, 6.45) is 1.93. The van der Waals surface area contributed by atoms with Crippen LogP contribution < -0.4 is 21.3 Å². The number of methoxy groups -OCH3 is 1. The SMILES string of the molecule is COc1cccc2cc(C(C)NC(=O)c3cc(C4CC4)nc4c3c(=O)[nH]c(=O)n4CC(C)C)oc12. The lowest BCUT2D eigenvalue weighted by Crippen LogP contribution is -2.34. The van der Waals surface area contributed by atoms with E-state index in [4.69, 9.17) is 9.15 Å². The Morgan fingerprint density at radius 2 is 2.03 bits per heavy atom. The summed E-state index contributed by atoms with van der Waals surface area (Å²) in [6, 6.07) is 8.65. The number of hydrogen-bond acceptors (Lipinski definition) is 6. The summed E-state index contributed by atoms with van der Waals surface area (Å²) < 4.78 is 12.8. The molecule has 9 heteroatoms. The van der Waals surface area contributed by atoms with E-state index >= 15 is 0 Å². The zero-order valence-corrected chi connectivity index (χ0v) is 20.2. The van der Waals surface area contributed by atoms with Gasteiger partial charge in [0, 0.05) is 23.5 Å². The summed E-state index contributed by atoms with van der Waals surface area (Å²) in [5.41, 5.74) is 0.648. The molecule has 3 aromatic heterocycles. The molecule has 5 rings (SSSR count). The Balaban J connectivity index is 1.57. The van der Waals surface area contributed by atoms with Gasteiger partial charge < -0.3 is 14.5 Å². The maximum absolute atomic E-state index is 13.5. The predicted molar refractivity (Wildman–Crippen MR) is 132 cm³/mol. The van der Waals surface area contributed by atoms with Crippen LogP contribution in [0.3, 0.4) is 0 Å². The molecule has 1 aliphatic rings. The number of aromatic amines is 1. The Bertz CT molecular complexity index is 1560. The molecular weight excluding hydrogens is 448 g/mol. The maximum Gasteiger partial charge on any atom is 0.330 e. The molecule has 1 amide bonds. The number of fused-ring (bicyclic) bond motifs is 2. The number of carbonyl (C=O) groups excluding carboxylic acids is 1. The van der Waals surface area contributed by atoms with Gasteiger partial charge in [-0.2, -0.15) is 0 Å². The first-order chi connectivity index (χ1) is 16.8. The molecule has 2 N–H and O–H groups in total. The molecular formula is C26H28N4O5. The number of furan rings is 1. The van der Waals surface area contributed by atoms with E-state index in [0.717, 1.165) is 23.9 Å². The van der Waals surface area contributed by atoms with E-state index in [9.17, 15) is 14.4 Å². The van der Waals surface area contributed by atoms with Crippen molar-refractivity contribution >= 4 is 27.9 Å². The van der Waals surface area contributed by atoms with Crippen LogP contribution >= 0.6 is 0 Å². The van der Waals surface area contributed by atoms with Crippen molar-refractivity contribution in [3.05, 3.63) is 68.2 Å². The van der Waals surface area contributed by atoms with Gasteiger partial charge in [0.05, 0.1) is 24.1 Å². The minimum atomic E-state index is -0.619. The minimum absolute atomic E-state index is 0.116. The Kier molecular flexibility index (Phi) is 5.70. The number of para-hydroxylation sites is 1. The molecule has 0 radical (unpaired) electrons. The number of amides is 1. The van der Waals surface area contributed by atoms with Crippen molar-refractivity contribution in [3.8, 4) is 5.75 Å². The smallest absolute Gasteiger partial charge is 0.330 e. The molecule has 182 valence electrons. The van der Waals surface area contributed by atoms with Crippen LogP contribution in [0, 0.1) is 5.92 Å². The summed E-state index contributed by atoms with van der Waals surface area (Å²) in [6.45, 7) is 6.15. The van der Waals surface area contributed by atoms with Gasteiger partial charge >= 0.3 is 5.69 Å². The van der Waals surface area contributed by atoms with Crippen LogP contribution in [0.2, 0.25) is 0 Å². The molecule has 1 atom stereocenters. The van der Waals surface area contributed by atoms with Crippen LogP contribution in [0.4, 0.5) is 0 Å². The van der Waals surface area contributed by atoms with Gasteiger partial charge in [-0.25, -0.2) is 9.78 Å². The topological polar surface area (TPSA) is 119 Å². The fourth-order valence-corrected chi connectivity index (χ4v) is 4.37. The lowest BCUT2D eigenvalue weighted by molar-refractivity contribution is 0.0937. The summed E-state index contributed by atoms with van der Waals surface area (Å²) in [7, 11) is 1.57. The van der Waals surface area contributed by atoms with Crippen molar-refractivity contribution in [2.75, 3.05) is 7.11 Å². The third-order valence-electron chi connectivity index (χ3n) is 6.28. The predicted octanol–water partition coefficient (Wildman–Crippen LogP) is 3.86. The van der Waals surface area contributed by atoms with Crippen molar-refractivity contribution in [1.29, 1.82) is 0 Å². The average molecular weight is 477 g/mol. The standard InChI is InChI=1S/C26H28N4O5/c1-13(2)12-30-23-21(25(32)29-26(30)33)17(11-18(28-23)15-8-9-15)24(31)27-14(3)20-10-16-6-5-7-19(34-4)22(16)35-20/h5-7,10-11,13-15H,8-9,12H2,1-4H3,(H,27,31)(H,29,32,33). The Morgan fingerprint density at radius 3 is 2.71 bits per heavy atom. The zero-order chi connectivity index (χ0) is 24.9. The molecule has 35 heavy (non-hydrogen) atoms. The Labute approximate surface area is 201 Å². The number of ether oxygens (including phenoxy) is 1. The number of carbonyl (C=O) groups is 1. The lowest BCUT2D eigenvalue weighted by atomic mass is 10.1. The highest BCUT2D eigenvalue weighted by atomic mass is 16.5. The number of hydrogen-bond donors (Lipinski definition) is 2. The molecule has 0 spiro atoms. The number of benzene rings is 1. The van der Waals surface area contributed by atoms with E-state index in [1.807, 2.05) is 45.0 Å². The molecule has 0 aliphatic heterocycles. The summed E-state index contributed by atoms with van der Waals surface area (Å²) in [5.74, 6) is 1.11. The molecule has 3 heterocycles. The lowest BCUT2D eigenvalue weighted by Gasteiger charge is -2.16. The summed E-state index contributed by atoms with van der Waals surface area (Å²) in [5, 5.41) is 3.93. The van der Waals surface area contributed by atoms with Crippen LogP contribution in [0.15, 0.2) is 44.3 Å². The van der Waals surface area contributed by atoms with Gasteiger partial charge in [0.25, 0.3) is 11.5 Å². The van der Waals surface area contributed by atoms with Gasteiger partial charge in [-0.3, -0.25) is 19.1 Å². The van der Waals surface area contributed by atoms with Crippen molar-refractivity contribution in [2.24, 2.45) is 5.92 Å². The molecule has 1 aromatic carbocycles. The molecule has 9 nitrogen and oxygen atoms in total. The summed E-state index contributed by atoms with van der Waals surface area (Å²) in [4.78, 5) is 46.0. The van der Waals surface area contributed by atoms with Gasteiger partial charge in [-0.15, -0.1) is 0 Å². The molecule has 1 saturated carbocycles. The van der Waals surface area contributed by atoms with Crippen molar-refractivity contribution in [1.82, 2.24) is 19.9 Å². The second-order valence-electron chi connectivity index (χ2n) is 9.55. The Morgan fingerprint density at radius 1 is 1.26 bits per heavy atom. The first-order valence-corrected chi connectivity index (χ1v) is 11.8. The van der Waals surface area contributed by atoms with Gasteiger partial charge in [0.2, 0.25) is 0 Å². The first-order valence-electron chi connectivity index (χ1n) is 11.8. The third-order valence-corrected chi connectivity index (χ3v) is 6.28. The fraction of sp³-hybridized carbons (Fsp3) is 0.385. The van der Waals surface area contributed by atoms with Crippen LogP contribution in [0.5, 0.6) is 5.75 Å². The van der Waals surface area contributed by atoms with Crippen molar-refractivity contribution in [2.45, 2.75) is 52.1 Å². The second kappa shape index (κ2) is 8.72. The van der Waals surface area contributed by atoms with Gasteiger partial charge in [0.1, 0.15) is 5.76 Å². The highest BCUT2D eigenvalue weighted by Gasteiger charge is 2.29. The second-order valence-corrected chi connectivity index (χ2v) is 9.55. The number of nitrogens with one attached hydrogen (secondary N) is 2.